The zero-order valence-corrected chi connectivity index (χ0v) is 9.04. The highest BCUT2D eigenvalue weighted by atomic mass is 35.5. The predicted molar refractivity (Wildman–Crippen MR) is 53.6 cm³/mol. The maximum atomic E-state index is 12.9. The number of halogens is 2. The van der Waals surface area contributed by atoms with Crippen LogP contribution in [0.5, 0.6) is 5.75 Å². The maximum absolute atomic E-state index is 12.9. The van der Waals surface area contributed by atoms with Crippen LogP contribution in [0.2, 0.25) is 5.02 Å². The van der Waals surface area contributed by atoms with Crippen molar-refractivity contribution in [1.29, 1.82) is 0 Å². The molecule has 0 spiro atoms. The lowest BCUT2D eigenvalue weighted by atomic mass is 9.82. The Morgan fingerprint density at radius 1 is 1.50 bits per heavy atom. The van der Waals surface area contributed by atoms with E-state index in [-0.39, 0.29) is 11.9 Å². The molecule has 86 valence electrons. The standard InChI is InChI=1S/C11H10ClFO3/c12-9-2-1-7(13)5-10(9)16-8-3-6(4-8)11(14)15/h1-2,5-6,8H,3-4H2,(H,14,15)/p-1. The van der Waals surface area contributed by atoms with E-state index >= 15 is 0 Å². The Labute approximate surface area is 96.8 Å². The number of hydrogen-bond acceptors (Lipinski definition) is 3. The van der Waals surface area contributed by atoms with Gasteiger partial charge in [0.15, 0.2) is 0 Å². The molecule has 0 unspecified atom stereocenters. The van der Waals surface area contributed by atoms with Crippen molar-refractivity contribution < 1.29 is 19.0 Å². The van der Waals surface area contributed by atoms with Gasteiger partial charge in [-0.05, 0) is 25.0 Å². The first kappa shape index (κ1) is 11.2. The number of hydrogen-bond donors (Lipinski definition) is 0. The predicted octanol–water partition coefficient (Wildman–Crippen LogP) is 1.39. The molecule has 16 heavy (non-hydrogen) atoms. The molecular formula is C11H9ClFO3-. The van der Waals surface area contributed by atoms with E-state index in [4.69, 9.17) is 16.3 Å². The van der Waals surface area contributed by atoms with Crippen molar-refractivity contribution in [1.82, 2.24) is 0 Å². The fourth-order valence-corrected chi connectivity index (χ4v) is 1.76. The van der Waals surface area contributed by atoms with Crippen molar-refractivity contribution in [2.75, 3.05) is 0 Å². The zero-order chi connectivity index (χ0) is 11.7. The van der Waals surface area contributed by atoms with E-state index in [1.54, 1.807) is 0 Å². The molecule has 0 aliphatic heterocycles. The molecular weight excluding hydrogens is 235 g/mol. The lowest BCUT2D eigenvalue weighted by molar-refractivity contribution is -0.316. The molecule has 1 aromatic rings. The number of rotatable bonds is 3. The minimum Gasteiger partial charge on any atom is -0.550 e. The summed E-state index contributed by atoms with van der Waals surface area (Å²) in [6, 6.07) is 3.83. The Balaban J connectivity index is 1.96. The van der Waals surface area contributed by atoms with Crippen LogP contribution < -0.4 is 9.84 Å². The number of aliphatic carboxylic acids is 1. The number of ether oxygens (including phenoxy) is 1. The molecule has 0 bridgehead atoms. The largest absolute Gasteiger partial charge is 0.550 e. The molecule has 0 atom stereocenters. The van der Waals surface area contributed by atoms with Crippen molar-refractivity contribution >= 4 is 17.6 Å². The molecule has 1 fully saturated rings. The SMILES string of the molecule is O=C([O-])C1CC(Oc2cc(F)ccc2Cl)C1. The highest BCUT2D eigenvalue weighted by Gasteiger charge is 2.32. The van der Waals surface area contributed by atoms with Crippen LogP contribution in [0.15, 0.2) is 18.2 Å². The van der Waals surface area contributed by atoms with Crippen LogP contribution in [-0.4, -0.2) is 12.1 Å². The number of benzene rings is 1. The number of carbonyl (C=O) groups excluding carboxylic acids is 1. The van der Waals surface area contributed by atoms with Crippen molar-refractivity contribution in [3.8, 4) is 5.75 Å². The van der Waals surface area contributed by atoms with E-state index in [2.05, 4.69) is 0 Å². The van der Waals surface area contributed by atoms with Crippen LogP contribution in [0.1, 0.15) is 12.8 Å². The Morgan fingerprint density at radius 3 is 2.81 bits per heavy atom. The third-order valence-corrected chi connectivity index (χ3v) is 2.93. The molecule has 1 aliphatic rings. The minimum atomic E-state index is -1.06. The molecule has 1 aliphatic carbocycles. The van der Waals surface area contributed by atoms with Crippen molar-refractivity contribution in [2.24, 2.45) is 5.92 Å². The van der Waals surface area contributed by atoms with Gasteiger partial charge >= 0.3 is 0 Å². The summed E-state index contributed by atoms with van der Waals surface area (Å²) < 4.78 is 18.3. The summed E-state index contributed by atoms with van der Waals surface area (Å²) >= 11 is 5.80. The molecule has 5 heteroatoms. The van der Waals surface area contributed by atoms with E-state index in [0.717, 1.165) is 0 Å². The second-order valence-corrected chi connectivity index (χ2v) is 4.21. The van der Waals surface area contributed by atoms with Gasteiger partial charge in [0.1, 0.15) is 17.7 Å². The summed E-state index contributed by atoms with van der Waals surface area (Å²) in [5, 5.41) is 10.8. The topological polar surface area (TPSA) is 49.4 Å². The average Bonchev–Trinajstić information content (AvgIpc) is 2.15. The van der Waals surface area contributed by atoms with Crippen molar-refractivity contribution in [3.05, 3.63) is 29.0 Å². The van der Waals surface area contributed by atoms with Gasteiger partial charge in [-0.25, -0.2) is 4.39 Å². The van der Waals surface area contributed by atoms with Gasteiger partial charge in [-0.15, -0.1) is 0 Å². The van der Waals surface area contributed by atoms with Crippen LogP contribution in [0, 0.1) is 11.7 Å². The summed E-state index contributed by atoms with van der Waals surface area (Å²) in [6.45, 7) is 0. The second-order valence-electron chi connectivity index (χ2n) is 3.80. The van der Waals surface area contributed by atoms with Crippen LogP contribution in [0.4, 0.5) is 4.39 Å². The summed E-state index contributed by atoms with van der Waals surface area (Å²) in [6.07, 6.45) is 0.548. The van der Waals surface area contributed by atoms with Gasteiger partial charge in [0.2, 0.25) is 0 Å². The van der Waals surface area contributed by atoms with Gasteiger partial charge in [0.05, 0.1) is 5.02 Å². The number of carboxylic acids is 1. The van der Waals surface area contributed by atoms with E-state index < -0.39 is 17.7 Å². The minimum absolute atomic E-state index is 0.220. The Kier molecular flexibility index (Phi) is 3.01. The van der Waals surface area contributed by atoms with E-state index in [0.29, 0.717) is 17.9 Å². The first-order valence-corrected chi connectivity index (χ1v) is 5.26. The third-order valence-electron chi connectivity index (χ3n) is 2.62. The van der Waals surface area contributed by atoms with E-state index in [1.165, 1.54) is 18.2 Å². The first-order chi connectivity index (χ1) is 7.56. The number of carbonyl (C=O) groups is 1. The molecule has 0 aromatic heterocycles. The van der Waals surface area contributed by atoms with Gasteiger partial charge < -0.3 is 14.6 Å². The molecule has 3 nitrogen and oxygen atoms in total. The lowest BCUT2D eigenvalue weighted by Crippen LogP contribution is -2.44. The van der Waals surface area contributed by atoms with Crippen molar-refractivity contribution in [2.45, 2.75) is 18.9 Å². The fraction of sp³-hybridized carbons (Fsp3) is 0.364. The van der Waals surface area contributed by atoms with Crippen LogP contribution in [0.3, 0.4) is 0 Å². The third kappa shape index (κ3) is 2.27. The van der Waals surface area contributed by atoms with E-state index in [9.17, 15) is 14.3 Å². The van der Waals surface area contributed by atoms with Gasteiger partial charge in [-0.3, -0.25) is 0 Å². The average molecular weight is 244 g/mol. The second kappa shape index (κ2) is 4.29. The zero-order valence-electron chi connectivity index (χ0n) is 8.28. The first-order valence-electron chi connectivity index (χ1n) is 4.89. The summed E-state index contributed by atoms with van der Waals surface area (Å²) in [7, 11) is 0. The molecule has 0 N–H and O–H groups in total. The van der Waals surface area contributed by atoms with Gasteiger partial charge in [-0.2, -0.15) is 0 Å². The summed E-state index contributed by atoms with van der Waals surface area (Å²) in [5.74, 6) is -1.71. The molecule has 0 heterocycles. The van der Waals surface area contributed by atoms with Crippen LogP contribution in [0.25, 0.3) is 0 Å². The van der Waals surface area contributed by atoms with Crippen LogP contribution >= 0.6 is 11.6 Å². The Hall–Kier alpha value is -1.29. The maximum Gasteiger partial charge on any atom is 0.141 e. The molecule has 1 saturated carbocycles. The molecule has 1 aromatic carbocycles. The molecule has 2 rings (SSSR count). The molecule has 0 radical (unpaired) electrons. The number of carboxylic acid groups (broad SMARTS) is 1. The van der Waals surface area contributed by atoms with E-state index in [1.807, 2.05) is 0 Å². The smallest absolute Gasteiger partial charge is 0.141 e. The monoisotopic (exact) mass is 243 g/mol. The Morgan fingerprint density at radius 2 is 2.19 bits per heavy atom. The summed E-state index contributed by atoms with van der Waals surface area (Å²) in [5.41, 5.74) is 0. The summed E-state index contributed by atoms with van der Waals surface area (Å²) in [4.78, 5) is 10.4. The quantitative estimate of drug-likeness (QED) is 0.806. The highest BCUT2D eigenvalue weighted by Crippen LogP contribution is 2.34. The normalized spacial score (nSPS) is 23.6. The van der Waals surface area contributed by atoms with Gasteiger partial charge in [0.25, 0.3) is 0 Å². The molecule has 0 amide bonds. The lowest BCUT2D eigenvalue weighted by Gasteiger charge is -2.35. The van der Waals surface area contributed by atoms with Gasteiger partial charge in [-0.1, -0.05) is 11.6 Å². The Bertz CT molecular complexity index is 416. The van der Waals surface area contributed by atoms with Crippen molar-refractivity contribution in [3.63, 3.8) is 0 Å². The van der Waals surface area contributed by atoms with Gasteiger partial charge in [0, 0.05) is 18.0 Å². The molecule has 0 saturated heterocycles. The fourth-order valence-electron chi connectivity index (χ4n) is 1.60. The van der Waals surface area contributed by atoms with Crippen LogP contribution in [-0.2, 0) is 4.79 Å². The highest BCUT2D eigenvalue weighted by molar-refractivity contribution is 6.32.